The summed E-state index contributed by atoms with van der Waals surface area (Å²) in [5.74, 6) is 0. The summed E-state index contributed by atoms with van der Waals surface area (Å²) in [6.07, 6.45) is 0. The van der Waals surface area contributed by atoms with Crippen LogP contribution in [0.25, 0.3) is 0 Å². The van der Waals surface area contributed by atoms with Crippen LogP contribution in [0.2, 0.25) is 0 Å². The minimum Gasteiger partial charge on any atom is -0.383 e. The van der Waals surface area contributed by atoms with E-state index in [1.54, 1.807) is 7.11 Å². The molecule has 0 N–H and O–H groups in total. The van der Waals surface area contributed by atoms with Crippen LogP contribution in [0, 0.1) is 11.3 Å². The molecule has 0 saturated heterocycles. The number of hydrogen-bond donors (Lipinski definition) is 0. The Hall–Kier alpha value is -1.37. The van der Waals surface area contributed by atoms with E-state index in [4.69, 9.17) is 10.00 Å². The van der Waals surface area contributed by atoms with E-state index in [2.05, 4.69) is 24.0 Å². The zero-order valence-corrected chi connectivity index (χ0v) is 9.94. The average Bonchev–Trinajstić information content (AvgIpc) is 2.34. The number of hydrogen-bond acceptors (Lipinski definition) is 3. The van der Waals surface area contributed by atoms with Crippen LogP contribution in [0.1, 0.15) is 18.1 Å². The average molecular weight is 218 g/mol. The monoisotopic (exact) mass is 218 g/mol. The van der Waals surface area contributed by atoms with Gasteiger partial charge >= 0.3 is 0 Å². The van der Waals surface area contributed by atoms with Crippen molar-refractivity contribution in [2.24, 2.45) is 0 Å². The first-order chi connectivity index (χ1) is 7.80. The predicted octanol–water partition coefficient (Wildman–Crippen LogP) is 2.03. The normalized spacial score (nSPS) is 10.4. The first kappa shape index (κ1) is 12.7. The largest absolute Gasteiger partial charge is 0.383 e. The number of nitriles is 1. The molecule has 0 bridgehead atoms. The summed E-state index contributed by atoms with van der Waals surface area (Å²) in [7, 11) is 1.71. The molecule has 16 heavy (non-hydrogen) atoms. The summed E-state index contributed by atoms with van der Waals surface area (Å²) in [5, 5.41) is 8.81. The lowest BCUT2D eigenvalue weighted by Crippen LogP contribution is -2.26. The predicted molar refractivity (Wildman–Crippen MR) is 64.0 cm³/mol. The highest BCUT2D eigenvalue weighted by molar-refractivity contribution is 5.32. The van der Waals surface area contributed by atoms with Crippen molar-refractivity contribution in [2.45, 2.75) is 13.5 Å². The van der Waals surface area contributed by atoms with E-state index in [0.29, 0.717) is 0 Å². The number of benzene rings is 1. The van der Waals surface area contributed by atoms with Gasteiger partial charge in [0.25, 0.3) is 0 Å². The number of ether oxygens (including phenoxy) is 1. The molecular formula is C13H18N2O. The van der Waals surface area contributed by atoms with E-state index in [-0.39, 0.29) is 0 Å². The third-order valence-corrected chi connectivity index (χ3v) is 2.52. The molecule has 0 amide bonds. The Morgan fingerprint density at radius 3 is 2.88 bits per heavy atom. The summed E-state index contributed by atoms with van der Waals surface area (Å²) >= 11 is 0. The highest BCUT2D eigenvalue weighted by atomic mass is 16.5. The van der Waals surface area contributed by atoms with Gasteiger partial charge in [-0.25, -0.2) is 0 Å². The van der Waals surface area contributed by atoms with Crippen molar-refractivity contribution in [2.75, 3.05) is 26.8 Å². The number of nitrogens with zero attached hydrogens (tertiary/aromatic N) is 2. The Kier molecular flexibility index (Phi) is 5.55. The van der Waals surface area contributed by atoms with Gasteiger partial charge in [0.1, 0.15) is 0 Å². The molecule has 0 heterocycles. The maximum Gasteiger partial charge on any atom is 0.0991 e. The molecule has 0 atom stereocenters. The Labute approximate surface area is 97.3 Å². The molecule has 1 aromatic rings. The summed E-state index contributed by atoms with van der Waals surface area (Å²) in [5.41, 5.74) is 1.90. The maximum atomic E-state index is 8.81. The first-order valence-corrected chi connectivity index (χ1v) is 5.50. The molecule has 0 saturated carbocycles. The zero-order chi connectivity index (χ0) is 11.8. The zero-order valence-electron chi connectivity index (χ0n) is 9.94. The van der Waals surface area contributed by atoms with E-state index in [1.807, 2.05) is 18.2 Å². The number of rotatable bonds is 6. The lowest BCUT2D eigenvalue weighted by atomic mass is 10.1. The molecule has 3 nitrogen and oxygen atoms in total. The molecule has 1 rings (SSSR count). The van der Waals surface area contributed by atoms with Crippen molar-refractivity contribution >= 4 is 0 Å². The topological polar surface area (TPSA) is 36.3 Å². The smallest absolute Gasteiger partial charge is 0.0991 e. The van der Waals surface area contributed by atoms with E-state index in [1.165, 1.54) is 5.56 Å². The quantitative estimate of drug-likeness (QED) is 0.733. The summed E-state index contributed by atoms with van der Waals surface area (Å²) in [6.45, 7) is 5.65. The molecule has 0 radical (unpaired) electrons. The SMILES string of the molecule is CCN(CCOC)Cc1cccc(C#N)c1. The van der Waals surface area contributed by atoms with Gasteiger partial charge in [0, 0.05) is 20.2 Å². The van der Waals surface area contributed by atoms with Gasteiger partial charge in [-0.1, -0.05) is 19.1 Å². The van der Waals surface area contributed by atoms with Crippen LogP contribution in [0.4, 0.5) is 0 Å². The van der Waals surface area contributed by atoms with Crippen LogP contribution in [-0.4, -0.2) is 31.7 Å². The molecular weight excluding hydrogens is 200 g/mol. The van der Waals surface area contributed by atoms with Crippen molar-refractivity contribution < 1.29 is 4.74 Å². The van der Waals surface area contributed by atoms with E-state index < -0.39 is 0 Å². The molecule has 0 aliphatic carbocycles. The molecule has 86 valence electrons. The Bertz CT molecular complexity index is 357. The van der Waals surface area contributed by atoms with Gasteiger partial charge in [-0.3, -0.25) is 4.90 Å². The van der Waals surface area contributed by atoms with Crippen LogP contribution in [0.3, 0.4) is 0 Å². The third-order valence-electron chi connectivity index (χ3n) is 2.52. The summed E-state index contributed by atoms with van der Waals surface area (Å²) in [6, 6.07) is 9.91. The minimum atomic E-state index is 0.722. The van der Waals surface area contributed by atoms with Crippen molar-refractivity contribution in [3.8, 4) is 6.07 Å². The molecule has 0 aliphatic rings. The van der Waals surface area contributed by atoms with Crippen molar-refractivity contribution in [3.05, 3.63) is 35.4 Å². The Morgan fingerprint density at radius 1 is 1.44 bits per heavy atom. The molecule has 3 heteroatoms. The van der Waals surface area contributed by atoms with Gasteiger partial charge in [-0.15, -0.1) is 0 Å². The minimum absolute atomic E-state index is 0.722. The van der Waals surface area contributed by atoms with Gasteiger partial charge in [0.2, 0.25) is 0 Å². The molecule has 0 unspecified atom stereocenters. The fourth-order valence-electron chi connectivity index (χ4n) is 1.57. The van der Waals surface area contributed by atoms with Crippen molar-refractivity contribution in [3.63, 3.8) is 0 Å². The van der Waals surface area contributed by atoms with Gasteiger partial charge in [-0.2, -0.15) is 5.26 Å². The standard InChI is InChI=1S/C13H18N2O/c1-3-15(7-8-16-2)11-13-6-4-5-12(9-13)10-14/h4-6,9H,3,7-8,11H2,1-2H3. The van der Waals surface area contributed by atoms with E-state index >= 15 is 0 Å². The summed E-state index contributed by atoms with van der Waals surface area (Å²) in [4.78, 5) is 2.29. The molecule has 0 spiro atoms. The highest BCUT2D eigenvalue weighted by Crippen LogP contribution is 2.07. The van der Waals surface area contributed by atoms with Crippen LogP contribution < -0.4 is 0 Å². The van der Waals surface area contributed by atoms with Crippen molar-refractivity contribution in [1.82, 2.24) is 4.90 Å². The second-order valence-corrected chi connectivity index (χ2v) is 3.67. The highest BCUT2D eigenvalue weighted by Gasteiger charge is 2.03. The maximum absolute atomic E-state index is 8.81. The molecule has 0 aliphatic heterocycles. The second-order valence-electron chi connectivity index (χ2n) is 3.67. The molecule has 0 fully saturated rings. The fourth-order valence-corrected chi connectivity index (χ4v) is 1.57. The van der Waals surface area contributed by atoms with Crippen LogP contribution >= 0.6 is 0 Å². The van der Waals surface area contributed by atoms with E-state index in [0.717, 1.165) is 31.8 Å². The van der Waals surface area contributed by atoms with Crippen molar-refractivity contribution in [1.29, 1.82) is 5.26 Å². The van der Waals surface area contributed by atoms with Crippen LogP contribution in [0.5, 0.6) is 0 Å². The number of likely N-dealkylation sites (N-methyl/N-ethyl adjacent to an activating group) is 1. The van der Waals surface area contributed by atoms with Gasteiger partial charge in [0.05, 0.1) is 18.2 Å². The summed E-state index contributed by atoms with van der Waals surface area (Å²) < 4.78 is 5.06. The Morgan fingerprint density at radius 2 is 2.25 bits per heavy atom. The fraction of sp³-hybridized carbons (Fsp3) is 0.462. The van der Waals surface area contributed by atoms with Crippen LogP contribution in [0.15, 0.2) is 24.3 Å². The Balaban J connectivity index is 2.59. The van der Waals surface area contributed by atoms with Gasteiger partial charge < -0.3 is 4.74 Å². The number of methoxy groups -OCH3 is 1. The van der Waals surface area contributed by atoms with Gasteiger partial charge in [0.15, 0.2) is 0 Å². The lowest BCUT2D eigenvalue weighted by Gasteiger charge is -2.19. The molecule has 1 aromatic carbocycles. The van der Waals surface area contributed by atoms with Gasteiger partial charge in [-0.05, 0) is 24.2 Å². The first-order valence-electron chi connectivity index (χ1n) is 5.50. The third kappa shape index (κ3) is 4.01. The van der Waals surface area contributed by atoms with Crippen LogP contribution in [-0.2, 0) is 11.3 Å². The second kappa shape index (κ2) is 7.00. The molecule has 0 aromatic heterocycles. The lowest BCUT2D eigenvalue weighted by molar-refractivity contribution is 0.147. The van der Waals surface area contributed by atoms with E-state index in [9.17, 15) is 0 Å².